The van der Waals surface area contributed by atoms with Gasteiger partial charge in [-0.05, 0) is 31.4 Å². The predicted octanol–water partition coefficient (Wildman–Crippen LogP) is 2.46. The molecule has 1 aliphatic rings. The number of carbonyl (C=O) groups is 2. The van der Waals surface area contributed by atoms with Gasteiger partial charge < -0.3 is 10.2 Å². The van der Waals surface area contributed by atoms with Gasteiger partial charge in [-0.15, -0.1) is 0 Å². The van der Waals surface area contributed by atoms with Crippen molar-refractivity contribution in [1.82, 2.24) is 4.90 Å². The van der Waals surface area contributed by atoms with Crippen LogP contribution in [0.25, 0.3) is 0 Å². The van der Waals surface area contributed by atoms with Crippen LogP contribution in [0.2, 0.25) is 0 Å². The quantitative estimate of drug-likeness (QED) is 0.665. The fourth-order valence-electron chi connectivity index (χ4n) is 2.67. The van der Waals surface area contributed by atoms with Gasteiger partial charge in [0.05, 0.1) is 11.0 Å². The van der Waals surface area contributed by atoms with Gasteiger partial charge in [0.2, 0.25) is 11.8 Å². The minimum Gasteiger partial charge on any atom is -0.331 e. The number of anilines is 1. The molecule has 0 radical (unpaired) electrons. The molecule has 1 heterocycles. The van der Waals surface area contributed by atoms with E-state index in [1.165, 1.54) is 4.90 Å². The number of hydrogen-bond acceptors (Lipinski definition) is 4. The Labute approximate surface area is 132 Å². The van der Waals surface area contributed by atoms with Gasteiger partial charge in [0.25, 0.3) is 5.69 Å². The normalized spacial score (nSPS) is 17.1. The van der Waals surface area contributed by atoms with Crippen molar-refractivity contribution in [3.63, 3.8) is 0 Å². The number of nitrogens with one attached hydrogen (secondary N) is 1. The molecule has 0 aliphatic carbocycles. The summed E-state index contributed by atoms with van der Waals surface area (Å²) in [7, 11) is 0. The topological polar surface area (TPSA) is 92.6 Å². The summed E-state index contributed by atoms with van der Waals surface area (Å²) in [5.41, 5.74) is -0.584. The van der Waals surface area contributed by atoms with Crippen molar-refractivity contribution in [1.29, 1.82) is 0 Å². The maximum absolute atomic E-state index is 13.1. The van der Waals surface area contributed by atoms with Gasteiger partial charge in [-0.3, -0.25) is 19.7 Å². The lowest BCUT2D eigenvalue weighted by Crippen LogP contribution is -2.43. The molecular formula is C15H18FN3O4. The maximum Gasteiger partial charge on any atom is 0.295 e. The Balaban J connectivity index is 2.15. The van der Waals surface area contributed by atoms with Crippen LogP contribution in [0.3, 0.4) is 0 Å². The predicted molar refractivity (Wildman–Crippen MR) is 81.3 cm³/mol. The summed E-state index contributed by atoms with van der Waals surface area (Å²) >= 11 is 0. The Kier molecular flexibility index (Phi) is 5.25. The fraction of sp³-hybridized carbons (Fsp3) is 0.467. The first kappa shape index (κ1) is 16.9. The van der Waals surface area contributed by atoms with Gasteiger partial charge in [0, 0.05) is 13.0 Å². The number of benzene rings is 1. The van der Waals surface area contributed by atoms with E-state index in [1.54, 1.807) is 0 Å². The number of likely N-dealkylation sites (tertiary alicyclic amines) is 1. The highest BCUT2D eigenvalue weighted by molar-refractivity contribution is 5.99. The zero-order valence-corrected chi connectivity index (χ0v) is 12.8. The molecule has 124 valence electrons. The Morgan fingerprint density at radius 3 is 2.87 bits per heavy atom. The largest absolute Gasteiger partial charge is 0.331 e. The molecule has 0 spiro atoms. The van der Waals surface area contributed by atoms with Crippen molar-refractivity contribution >= 4 is 23.2 Å². The third-order valence-corrected chi connectivity index (χ3v) is 3.75. The summed E-state index contributed by atoms with van der Waals surface area (Å²) in [4.78, 5) is 36.1. The van der Waals surface area contributed by atoms with Crippen LogP contribution in [0.4, 0.5) is 15.8 Å². The second kappa shape index (κ2) is 7.17. The van der Waals surface area contributed by atoms with Crippen LogP contribution in [0.1, 0.15) is 32.6 Å². The molecule has 0 saturated carbocycles. The van der Waals surface area contributed by atoms with E-state index in [2.05, 4.69) is 5.32 Å². The summed E-state index contributed by atoms with van der Waals surface area (Å²) in [5.74, 6) is -1.34. The third-order valence-electron chi connectivity index (χ3n) is 3.75. The molecule has 8 heteroatoms. The van der Waals surface area contributed by atoms with Crippen molar-refractivity contribution < 1.29 is 18.9 Å². The van der Waals surface area contributed by atoms with Crippen LogP contribution in [0.15, 0.2) is 18.2 Å². The van der Waals surface area contributed by atoms with Gasteiger partial charge in [0.15, 0.2) is 0 Å². The van der Waals surface area contributed by atoms with Crippen molar-refractivity contribution in [2.24, 2.45) is 0 Å². The van der Waals surface area contributed by atoms with Crippen LogP contribution in [-0.2, 0) is 9.59 Å². The number of carbonyl (C=O) groups excluding carboxylic acids is 2. The molecule has 2 rings (SSSR count). The zero-order valence-electron chi connectivity index (χ0n) is 12.8. The lowest BCUT2D eigenvalue weighted by molar-refractivity contribution is -0.384. The molecule has 0 unspecified atom stereocenters. The van der Waals surface area contributed by atoms with E-state index in [1.807, 2.05) is 6.92 Å². The maximum atomic E-state index is 13.1. The zero-order chi connectivity index (χ0) is 17.0. The molecule has 1 aromatic carbocycles. The van der Waals surface area contributed by atoms with E-state index in [4.69, 9.17) is 0 Å². The van der Waals surface area contributed by atoms with E-state index >= 15 is 0 Å². The second-order valence-corrected chi connectivity index (χ2v) is 5.40. The molecule has 2 amide bonds. The average molecular weight is 323 g/mol. The van der Waals surface area contributed by atoms with Gasteiger partial charge in [0.1, 0.15) is 17.5 Å². The standard InChI is InChI=1S/C15H18FN3O4/c1-2-4-14(20)18-8-3-5-12(18)15(21)17-11-7-6-10(16)9-13(11)19(22)23/h6-7,9,12H,2-5,8H2,1H3,(H,17,21)/t12-/m0/s1. The van der Waals surface area contributed by atoms with Crippen molar-refractivity contribution in [2.75, 3.05) is 11.9 Å². The molecule has 0 aromatic heterocycles. The van der Waals surface area contributed by atoms with Crippen molar-refractivity contribution in [3.8, 4) is 0 Å². The lowest BCUT2D eigenvalue weighted by Gasteiger charge is -2.23. The van der Waals surface area contributed by atoms with E-state index in [-0.39, 0.29) is 11.6 Å². The van der Waals surface area contributed by atoms with E-state index in [9.17, 15) is 24.1 Å². The first-order valence-corrected chi connectivity index (χ1v) is 7.48. The smallest absolute Gasteiger partial charge is 0.295 e. The Hall–Kier alpha value is -2.51. The summed E-state index contributed by atoms with van der Waals surface area (Å²) < 4.78 is 13.1. The number of nitrogens with zero attached hydrogens (tertiary/aromatic N) is 2. The minimum atomic E-state index is -0.757. The van der Waals surface area contributed by atoms with Crippen LogP contribution in [-0.4, -0.2) is 34.2 Å². The van der Waals surface area contributed by atoms with Crippen molar-refractivity contribution in [2.45, 2.75) is 38.6 Å². The molecule has 1 atom stereocenters. The van der Waals surface area contributed by atoms with Crippen LogP contribution >= 0.6 is 0 Å². The molecule has 1 N–H and O–H groups in total. The van der Waals surface area contributed by atoms with Crippen molar-refractivity contribution in [3.05, 3.63) is 34.1 Å². The van der Waals surface area contributed by atoms with Crippen LogP contribution in [0.5, 0.6) is 0 Å². The lowest BCUT2D eigenvalue weighted by atomic mass is 10.1. The molecule has 7 nitrogen and oxygen atoms in total. The Bertz CT molecular complexity index is 635. The molecule has 23 heavy (non-hydrogen) atoms. The molecule has 1 aromatic rings. The molecule has 1 aliphatic heterocycles. The number of nitro groups is 1. The number of nitro benzene ring substituents is 1. The highest BCUT2D eigenvalue weighted by Gasteiger charge is 2.34. The highest BCUT2D eigenvalue weighted by atomic mass is 19.1. The van der Waals surface area contributed by atoms with E-state index in [0.29, 0.717) is 32.2 Å². The SMILES string of the molecule is CCCC(=O)N1CCC[C@H]1C(=O)Nc1ccc(F)cc1[N+](=O)[O-]. The second-order valence-electron chi connectivity index (χ2n) is 5.40. The minimum absolute atomic E-state index is 0.0730. The van der Waals surface area contributed by atoms with Crippen LogP contribution in [0, 0.1) is 15.9 Å². The summed E-state index contributed by atoms with van der Waals surface area (Å²) in [6, 6.07) is 2.30. The van der Waals surface area contributed by atoms with E-state index < -0.39 is 28.4 Å². The summed E-state index contributed by atoms with van der Waals surface area (Å²) in [5, 5.41) is 13.4. The monoisotopic (exact) mass is 323 g/mol. The average Bonchev–Trinajstić information content (AvgIpc) is 2.98. The third kappa shape index (κ3) is 3.82. The van der Waals surface area contributed by atoms with Gasteiger partial charge in [-0.25, -0.2) is 4.39 Å². The molecule has 1 saturated heterocycles. The van der Waals surface area contributed by atoms with E-state index in [0.717, 1.165) is 18.2 Å². The summed E-state index contributed by atoms with van der Waals surface area (Å²) in [6.07, 6.45) is 2.27. The summed E-state index contributed by atoms with van der Waals surface area (Å²) in [6.45, 7) is 2.38. The Morgan fingerprint density at radius 1 is 1.48 bits per heavy atom. The van der Waals surface area contributed by atoms with Crippen LogP contribution < -0.4 is 5.32 Å². The highest BCUT2D eigenvalue weighted by Crippen LogP contribution is 2.27. The molecule has 1 fully saturated rings. The number of rotatable bonds is 5. The first-order valence-electron chi connectivity index (χ1n) is 7.48. The number of hydrogen-bond donors (Lipinski definition) is 1. The fourth-order valence-corrected chi connectivity index (χ4v) is 2.67. The van der Waals surface area contributed by atoms with Gasteiger partial charge >= 0.3 is 0 Å². The Morgan fingerprint density at radius 2 is 2.22 bits per heavy atom. The first-order chi connectivity index (χ1) is 10.9. The van der Waals surface area contributed by atoms with Gasteiger partial charge in [-0.1, -0.05) is 6.92 Å². The molecule has 0 bridgehead atoms. The van der Waals surface area contributed by atoms with Gasteiger partial charge in [-0.2, -0.15) is 0 Å². The molecular weight excluding hydrogens is 305 g/mol. The number of halogens is 1. The number of amides is 2.